The first-order valence-electron chi connectivity index (χ1n) is 4.36. The van der Waals surface area contributed by atoms with Gasteiger partial charge in [0.2, 0.25) is 0 Å². The van der Waals surface area contributed by atoms with Crippen LogP contribution >= 0.6 is 0 Å². The number of hydrogen-bond donors (Lipinski definition) is 3. The minimum absolute atomic E-state index is 0.374. The van der Waals surface area contributed by atoms with E-state index in [0.717, 1.165) is 13.1 Å². The summed E-state index contributed by atoms with van der Waals surface area (Å²) in [5, 5.41) is 5.83. The van der Waals surface area contributed by atoms with E-state index in [9.17, 15) is 4.39 Å². The molecule has 1 aliphatic rings. The Hall–Kier alpha value is -1.78. The number of aliphatic imine (C=N–C) groups is 1. The van der Waals surface area contributed by atoms with Crippen LogP contribution in [0.5, 0.6) is 0 Å². The number of hydrogen-bond acceptors (Lipinski definition) is 4. The highest BCUT2D eigenvalue weighted by Crippen LogP contribution is 2.16. The first-order valence-corrected chi connectivity index (χ1v) is 4.36. The molecule has 0 aliphatic carbocycles. The van der Waals surface area contributed by atoms with Gasteiger partial charge < -0.3 is 16.4 Å². The second-order valence-corrected chi connectivity index (χ2v) is 3.02. The Balaban J connectivity index is 2.16. The molecule has 2 rings (SSSR count). The summed E-state index contributed by atoms with van der Waals surface area (Å²) < 4.78 is 13.3. The summed E-state index contributed by atoms with van der Waals surface area (Å²) in [6.07, 6.45) is 0. The van der Waals surface area contributed by atoms with Crippen molar-refractivity contribution in [3.8, 4) is 0 Å². The molecular weight excluding hydrogens is 183 g/mol. The van der Waals surface area contributed by atoms with Crippen LogP contribution < -0.4 is 16.4 Å². The van der Waals surface area contributed by atoms with Crippen molar-refractivity contribution in [3.05, 3.63) is 24.0 Å². The van der Waals surface area contributed by atoms with Gasteiger partial charge in [0, 0.05) is 12.2 Å². The van der Waals surface area contributed by atoms with Gasteiger partial charge >= 0.3 is 0 Å². The fourth-order valence-corrected chi connectivity index (χ4v) is 1.24. The average Bonchev–Trinajstić information content (AvgIpc) is 2.62. The molecule has 0 aromatic heterocycles. The van der Waals surface area contributed by atoms with Gasteiger partial charge in [-0.05, 0) is 18.2 Å². The van der Waals surface area contributed by atoms with Gasteiger partial charge in [0.25, 0.3) is 0 Å². The first kappa shape index (κ1) is 8.80. The lowest BCUT2D eigenvalue weighted by Crippen LogP contribution is -2.26. The number of guanidine groups is 1. The van der Waals surface area contributed by atoms with Crippen molar-refractivity contribution in [1.29, 1.82) is 0 Å². The molecule has 0 amide bonds. The average molecular weight is 194 g/mol. The van der Waals surface area contributed by atoms with Crippen LogP contribution in [-0.2, 0) is 0 Å². The maximum absolute atomic E-state index is 13.3. The Bertz CT molecular complexity index is 375. The SMILES string of the molecule is Nc1ccc(NC2=NCCN2)c(F)c1. The molecule has 1 heterocycles. The Morgan fingerprint density at radius 1 is 1.50 bits per heavy atom. The van der Waals surface area contributed by atoms with Gasteiger partial charge in [-0.2, -0.15) is 0 Å². The molecule has 0 saturated carbocycles. The van der Waals surface area contributed by atoms with Crippen molar-refractivity contribution in [2.24, 2.45) is 4.99 Å². The summed E-state index contributed by atoms with van der Waals surface area (Å²) in [7, 11) is 0. The smallest absolute Gasteiger partial charge is 0.196 e. The first-order chi connectivity index (χ1) is 6.75. The van der Waals surface area contributed by atoms with E-state index in [-0.39, 0.29) is 5.82 Å². The third-order valence-corrected chi connectivity index (χ3v) is 1.92. The molecule has 4 nitrogen and oxygen atoms in total. The second kappa shape index (κ2) is 3.53. The molecule has 1 aromatic carbocycles. The van der Waals surface area contributed by atoms with Crippen molar-refractivity contribution in [3.63, 3.8) is 0 Å². The Morgan fingerprint density at radius 3 is 3.00 bits per heavy atom. The van der Waals surface area contributed by atoms with E-state index in [1.807, 2.05) is 0 Å². The highest BCUT2D eigenvalue weighted by molar-refractivity contribution is 5.94. The maximum atomic E-state index is 13.3. The van der Waals surface area contributed by atoms with Gasteiger partial charge in [0.1, 0.15) is 5.82 Å². The van der Waals surface area contributed by atoms with E-state index in [1.165, 1.54) is 6.07 Å². The van der Waals surface area contributed by atoms with Crippen molar-refractivity contribution in [2.45, 2.75) is 0 Å². The van der Waals surface area contributed by atoms with E-state index in [2.05, 4.69) is 15.6 Å². The topological polar surface area (TPSA) is 62.4 Å². The third kappa shape index (κ3) is 1.76. The van der Waals surface area contributed by atoms with Crippen LogP contribution in [0.15, 0.2) is 23.2 Å². The van der Waals surface area contributed by atoms with E-state index < -0.39 is 0 Å². The van der Waals surface area contributed by atoms with E-state index in [1.54, 1.807) is 12.1 Å². The predicted molar refractivity (Wildman–Crippen MR) is 54.7 cm³/mol. The van der Waals surface area contributed by atoms with Gasteiger partial charge in [0.15, 0.2) is 5.96 Å². The van der Waals surface area contributed by atoms with Gasteiger partial charge in [-0.1, -0.05) is 0 Å². The summed E-state index contributed by atoms with van der Waals surface area (Å²) >= 11 is 0. The Morgan fingerprint density at radius 2 is 2.36 bits per heavy atom. The lowest BCUT2D eigenvalue weighted by Gasteiger charge is -2.07. The van der Waals surface area contributed by atoms with Crippen LogP contribution in [0.2, 0.25) is 0 Å². The lowest BCUT2D eigenvalue weighted by atomic mass is 10.3. The molecule has 14 heavy (non-hydrogen) atoms. The minimum atomic E-state index is -0.374. The molecule has 0 saturated heterocycles. The molecule has 0 spiro atoms. The van der Waals surface area contributed by atoms with Crippen LogP contribution in [0, 0.1) is 5.82 Å². The highest BCUT2D eigenvalue weighted by Gasteiger charge is 2.07. The molecule has 0 bridgehead atoms. The monoisotopic (exact) mass is 194 g/mol. The number of rotatable bonds is 1. The normalized spacial score (nSPS) is 14.8. The van der Waals surface area contributed by atoms with Crippen LogP contribution in [-0.4, -0.2) is 19.0 Å². The molecule has 1 aromatic rings. The maximum Gasteiger partial charge on any atom is 0.196 e. The summed E-state index contributed by atoms with van der Waals surface area (Å²) in [6.45, 7) is 1.51. The number of nitrogens with two attached hydrogens (primary N) is 1. The molecule has 4 N–H and O–H groups in total. The third-order valence-electron chi connectivity index (χ3n) is 1.92. The Kier molecular flexibility index (Phi) is 2.22. The highest BCUT2D eigenvalue weighted by atomic mass is 19.1. The van der Waals surface area contributed by atoms with Crippen LogP contribution in [0.25, 0.3) is 0 Å². The zero-order chi connectivity index (χ0) is 9.97. The summed E-state index contributed by atoms with van der Waals surface area (Å²) in [6, 6.07) is 4.51. The van der Waals surface area contributed by atoms with E-state index in [0.29, 0.717) is 17.3 Å². The molecule has 1 aliphatic heterocycles. The Labute approximate surface area is 81.0 Å². The number of benzene rings is 1. The molecule has 0 fully saturated rings. The summed E-state index contributed by atoms with van der Waals surface area (Å²) in [4.78, 5) is 4.09. The predicted octanol–water partition coefficient (Wildman–Crippen LogP) is 0.779. The second-order valence-electron chi connectivity index (χ2n) is 3.02. The van der Waals surface area contributed by atoms with E-state index >= 15 is 0 Å². The van der Waals surface area contributed by atoms with Crippen LogP contribution in [0.1, 0.15) is 0 Å². The molecule has 5 heteroatoms. The van der Waals surface area contributed by atoms with Crippen molar-refractivity contribution >= 4 is 17.3 Å². The quantitative estimate of drug-likeness (QED) is 0.579. The molecule has 74 valence electrons. The fourth-order valence-electron chi connectivity index (χ4n) is 1.24. The molecule has 0 atom stereocenters. The minimum Gasteiger partial charge on any atom is -0.399 e. The van der Waals surface area contributed by atoms with Gasteiger partial charge in [0.05, 0.1) is 12.2 Å². The fraction of sp³-hybridized carbons (Fsp3) is 0.222. The molecule has 0 radical (unpaired) electrons. The largest absolute Gasteiger partial charge is 0.399 e. The number of nitrogens with zero attached hydrogens (tertiary/aromatic N) is 1. The van der Waals surface area contributed by atoms with Crippen molar-refractivity contribution in [2.75, 3.05) is 24.1 Å². The van der Waals surface area contributed by atoms with Crippen molar-refractivity contribution in [1.82, 2.24) is 5.32 Å². The number of nitrogens with one attached hydrogen (secondary N) is 2. The zero-order valence-electron chi connectivity index (χ0n) is 7.55. The van der Waals surface area contributed by atoms with Gasteiger partial charge in [-0.25, -0.2) is 4.39 Å². The van der Waals surface area contributed by atoms with Crippen LogP contribution in [0.4, 0.5) is 15.8 Å². The zero-order valence-corrected chi connectivity index (χ0v) is 7.55. The summed E-state index contributed by atoms with van der Waals surface area (Å²) in [5.41, 5.74) is 6.22. The molecular formula is C9H11FN4. The number of nitrogen functional groups attached to an aromatic ring is 1. The number of halogens is 1. The van der Waals surface area contributed by atoms with Gasteiger partial charge in [-0.15, -0.1) is 0 Å². The molecule has 0 unspecified atom stereocenters. The van der Waals surface area contributed by atoms with Crippen LogP contribution in [0.3, 0.4) is 0 Å². The van der Waals surface area contributed by atoms with Gasteiger partial charge in [-0.3, -0.25) is 4.99 Å². The standard InChI is InChI=1S/C9H11FN4/c10-7-5-6(11)1-2-8(7)14-9-12-3-4-13-9/h1-2,5H,3-4,11H2,(H2,12,13,14). The van der Waals surface area contributed by atoms with E-state index in [4.69, 9.17) is 5.73 Å². The summed E-state index contributed by atoms with van der Waals surface area (Å²) in [5.74, 6) is 0.232. The lowest BCUT2D eigenvalue weighted by molar-refractivity contribution is 0.632. The number of anilines is 2. The van der Waals surface area contributed by atoms with Crippen molar-refractivity contribution < 1.29 is 4.39 Å².